The molecule has 1 nitrogen and oxygen atoms in total. The molecule has 0 saturated heterocycles. The minimum absolute atomic E-state index is 0.187. The van der Waals surface area contributed by atoms with Crippen LogP contribution in [-0.4, -0.2) is 5.54 Å². The fourth-order valence-electron chi connectivity index (χ4n) is 3.59. The Bertz CT molecular complexity index is 474. The van der Waals surface area contributed by atoms with E-state index in [0.717, 1.165) is 35.2 Å². The van der Waals surface area contributed by atoms with Gasteiger partial charge in [0, 0.05) is 10.0 Å². The smallest absolute Gasteiger partial charge is 0.124 e. The van der Waals surface area contributed by atoms with Crippen molar-refractivity contribution >= 4 is 15.9 Å². The Morgan fingerprint density at radius 1 is 1.24 bits per heavy atom. The first-order valence-corrected chi connectivity index (χ1v) is 8.71. The van der Waals surface area contributed by atoms with E-state index in [4.69, 9.17) is 5.73 Å². The average molecular weight is 356 g/mol. The summed E-state index contributed by atoms with van der Waals surface area (Å²) in [5, 5.41) is 0. The normalized spacial score (nSPS) is 27.4. The molecule has 1 aromatic rings. The molecule has 1 saturated carbocycles. The molecular weight excluding hydrogens is 329 g/mol. The van der Waals surface area contributed by atoms with Gasteiger partial charge < -0.3 is 5.73 Å². The second kappa shape index (κ2) is 6.37. The summed E-state index contributed by atoms with van der Waals surface area (Å²) in [6, 6.07) is 5.10. The fraction of sp³-hybridized carbons (Fsp3) is 0.667. The highest BCUT2D eigenvalue weighted by atomic mass is 79.9. The van der Waals surface area contributed by atoms with Gasteiger partial charge in [0.15, 0.2) is 0 Å². The minimum Gasteiger partial charge on any atom is -0.325 e. The van der Waals surface area contributed by atoms with Crippen LogP contribution in [0.4, 0.5) is 4.39 Å². The number of hydrogen-bond acceptors (Lipinski definition) is 1. The molecule has 1 aliphatic carbocycles. The summed E-state index contributed by atoms with van der Waals surface area (Å²) < 4.78 is 14.3. The van der Waals surface area contributed by atoms with Gasteiger partial charge >= 0.3 is 0 Å². The van der Waals surface area contributed by atoms with E-state index in [1.165, 1.54) is 25.3 Å². The molecule has 118 valence electrons. The lowest BCUT2D eigenvalue weighted by Crippen LogP contribution is -2.41. The minimum atomic E-state index is -0.191. The molecule has 0 amide bonds. The Morgan fingerprint density at radius 2 is 1.95 bits per heavy atom. The summed E-state index contributed by atoms with van der Waals surface area (Å²) in [5.74, 6) is 0.548. The van der Waals surface area contributed by atoms with Crippen LogP contribution in [0.2, 0.25) is 0 Å². The Morgan fingerprint density at radius 3 is 2.57 bits per heavy atom. The van der Waals surface area contributed by atoms with Gasteiger partial charge in [0.05, 0.1) is 0 Å². The molecule has 2 N–H and O–H groups in total. The molecule has 0 spiro atoms. The highest BCUT2D eigenvalue weighted by molar-refractivity contribution is 9.10. The van der Waals surface area contributed by atoms with E-state index in [9.17, 15) is 4.39 Å². The molecule has 1 aliphatic rings. The Labute approximate surface area is 136 Å². The van der Waals surface area contributed by atoms with E-state index < -0.39 is 0 Å². The molecule has 1 aromatic carbocycles. The van der Waals surface area contributed by atoms with Gasteiger partial charge in [-0.15, -0.1) is 0 Å². The molecule has 0 bridgehead atoms. The average Bonchev–Trinajstić information content (AvgIpc) is 2.49. The van der Waals surface area contributed by atoms with Gasteiger partial charge in [-0.1, -0.05) is 43.1 Å². The summed E-state index contributed by atoms with van der Waals surface area (Å²) in [6.45, 7) is 6.97. The molecule has 3 heteroatoms. The van der Waals surface area contributed by atoms with Crippen LogP contribution in [-0.2, 0) is 6.42 Å². The van der Waals surface area contributed by atoms with Crippen LogP contribution >= 0.6 is 15.9 Å². The van der Waals surface area contributed by atoms with Crippen LogP contribution in [0.5, 0.6) is 0 Å². The van der Waals surface area contributed by atoms with Crippen molar-refractivity contribution in [2.24, 2.45) is 17.1 Å². The predicted octanol–water partition coefficient (Wildman–Crippen LogP) is 5.45. The molecule has 0 radical (unpaired) electrons. The lowest BCUT2D eigenvalue weighted by Gasteiger charge is -2.31. The Balaban J connectivity index is 2.08. The summed E-state index contributed by atoms with van der Waals surface area (Å²) in [5.41, 5.74) is 7.82. The van der Waals surface area contributed by atoms with Gasteiger partial charge in [-0.2, -0.15) is 0 Å². The first-order chi connectivity index (χ1) is 9.68. The first kappa shape index (κ1) is 17.0. The first-order valence-electron chi connectivity index (χ1n) is 7.92. The summed E-state index contributed by atoms with van der Waals surface area (Å²) in [4.78, 5) is 0. The SMILES string of the molecule is CC(C)(C)C1CCCC(N)(Cc2cc(F)cc(Br)c2)CC1. The van der Waals surface area contributed by atoms with E-state index in [1.54, 1.807) is 6.07 Å². The van der Waals surface area contributed by atoms with Gasteiger partial charge in [0.2, 0.25) is 0 Å². The van der Waals surface area contributed by atoms with Crippen molar-refractivity contribution in [1.29, 1.82) is 0 Å². The maximum absolute atomic E-state index is 13.5. The summed E-state index contributed by atoms with van der Waals surface area (Å²) in [7, 11) is 0. The van der Waals surface area contributed by atoms with Gasteiger partial charge in [0.25, 0.3) is 0 Å². The van der Waals surface area contributed by atoms with Gasteiger partial charge in [-0.3, -0.25) is 0 Å². The summed E-state index contributed by atoms with van der Waals surface area (Å²) >= 11 is 3.37. The lowest BCUT2D eigenvalue weighted by atomic mass is 9.76. The standard InChI is InChI=1S/C18H27BrFN/c1-17(2,3)14-5-4-7-18(21,8-6-14)12-13-9-15(19)11-16(20)10-13/h9-11,14H,4-8,12,21H2,1-3H3. The zero-order valence-electron chi connectivity index (χ0n) is 13.4. The molecule has 0 heterocycles. The molecule has 0 aromatic heterocycles. The molecule has 2 unspecified atom stereocenters. The number of nitrogens with two attached hydrogens (primary N) is 1. The van der Waals surface area contributed by atoms with Crippen LogP contribution in [0.3, 0.4) is 0 Å². The van der Waals surface area contributed by atoms with Gasteiger partial charge in [0.1, 0.15) is 5.82 Å². The zero-order chi connectivity index (χ0) is 15.7. The maximum atomic E-state index is 13.5. The Hall–Kier alpha value is -0.410. The lowest BCUT2D eigenvalue weighted by molar-refractivity contribution is 0.210. The van der Waals surface area contributed by atoms with Crippen molar-refractivity contribution in [1.82, 2.24) is 0 Å². The number of benzene rings is 1. The highest BCUT2D eigenvalue weighted by Gasteiger charge is 2.33. The van der Waals surface area contributed by atoms with Crippen molar-refractivity contribution in [3.05, 3.63) is 34.1 Å². The van der Waals surface area contributed by atoms with Gasteiger partial charge in [-0.25, -0.2) is 4.39 Å². The zero-order valence-corrected chi connectivity index (χ0v) is 15.0. The van der Waals surface area contributed by atoms with E-state index in [1.807, 2.05) is 6.07 Å². The van der Waals surface area contributed by atoms with Crippen LogP contribution < -0.4 is 5.73 Å². The van der Waals surface area contributed by atoms with Crippen LogP contribution in [0.15, 0.2) is 22.7 Å². The number of hydrogen-bond donors (Lipinski definition) is 1. The number of rotatable bonds is 2. The third-order valence-corrected chi connectivity index (χ3v) is 5.38. The van der Waals surface area contributed by atoms with E-state index in [2.05, 4.69) is 36.7 Å². The monoisotopic (exact) mass is 355 g/mol. The van der Waals surface area contributed by atoms with Crippen molar-refractivity contribution < 1.29 is 4.39 Å². The molecular formula is C18H27BrFN. The van der Waals surface area contributed by atoms with Crippen molar-refractivity contribution in [3.8, 4) is 0 Å². The third-order valence-electron chi connectivity index (χ3n) is 4.92. The van der Waals surface area contributed by atoms with E-state index in [-0.39, 0.29) is 11.4 Å². The molecule has 1 fully saturated rings. The molecule has 2 rings (SSSR count). The Kier molecular flexibility index (Phi) is 5.15. The van der Waals surface area contributed by atoms with E-state index >= 15 is 0 Å². The van der Waals surface area contributed by atoms with E-state index in [0.29, 0.717) is 5.41 Å². The van der Waals surface area contributed by atoms with Crippen LogP contribution in [0.1, 0.15) is 58.4 Å². The van der Waals surface area contributed by atoms with Crippen LogP contribution in [0.25, 0.3) is 0 Å². The summed E-state index contributed by atoms with van der Waals surface area (Å²) in [6.07, 6.45) is 6.44. The largest absolute Gasteiger partial charge is 0.325 e. The van der Waals surface area contributed by atoms with Crippen molar-refractivity contribution in [3.63, 3.8) is 0 Å². The number of halogens is 2. The second-order valence-corrected chi connectivity index (χ2v) is 8.73. The van der Waals surface area contributed by atoms with Crippen LogP contribution in [0, 0.1) is 17.2 Å². The topological polar surface area (TPSA) is 26.0 Å². The highest BCUT2D eigenvalue weighted by Crippen LogP contribution is 2.40. The quantitative estimate of drug-likeness (QED) is 0.700. The van der Waals surface area contributed by atoms with Gasteiger partial charge in [-0.05, 0) is 67.2 Å². The van der Waals surface area contributed by atoms with Crippen molar-refractivity contribution in [2.45, 2.75) is 64.8 Å². The molecule has 2 atom stereocenters. The fourth-order valence-corrected chi connectivity index (χ4v) is 4.11. The molecule has 21 heavy (non-hydrogen) atoms. The second-order valence-electron chi connectivity index (χ2n) is 7.81. The predicted molar refractivity (Wildman–Crippen MR) is 90.8 cm³/mol. The maximum Gasteiger partial charge on any atom is 0.124 e. The van der Waals surface area contributed by atoms with Crippen molar-refractivity contribution in [2.75, 3.05) is 0 Å². The third kappa shape index (κ3) is 4.79. The molecule has 0 aliphatic heterocycles.